The van der Waals surface area contributed by atoms with Crippen molar-refractivity contribution in [3.63, 3.8) is 0 Å². The van der Waals surface area contributed by atoms with Crippen molar-refractivity contribution in [1.29, 1.82) is 0 Å². The van der Waals surface area contributed by atoms with Gasteiger partial charge in [-0.05, 0) is 23.6 Å². The highest BCUT2D eigenvalue weighted by Crippen LogP contribution is 2.25. The number of anilines is 1. The first kappa shape index (κ1) is 14.9. The monoisotopic (exact) mass is 376 g/mol. The molecule has 0 amide bonds. The third-order valence-corrected chi connectivity index (χ3v) is 5.16. The molecule has 20 heavy (non-hydrogen) atoms. The van der Waals surface area contributed by atoms with Crippen molar-refractivity contribution >= 4 is 49.1 Å². The first-order chi connectivity index (χ1) is 9.44. The van der Waals surface area contributed by atoms with Crippen molar-refractivity contribution in [3.8, 4) is 0 Å². The van der Waals surface area contributed by atoms with Gasteiger partial charge in [-0.15, -0.1) is 11.3 Å². The third kappa shape index (κ3) is 3.17. The Kier molecular flexibility index (Phi) is 4.41. The first-order valence-electron chi connectivity index (χ1n) is 5.24. The fourth-order valence-corrected chi connectivity index (χ4v) is 4.07. The van der Waals surface area contributed by atoms with Crippen molar-refractivity contribution < 1.29 is 17.9 Å². The van der Waals surface area contributed by atoms with E-state index in [1.54, 1.807) is 6.07 Å². The molecule has 2 heterocycles. The molecule has 1 N–H and O–H groups in total. The van der Waals surface area contributed by atoms with Gasteiger partial charge in [0.15, 0.2) is 0 Å². The Hall–Kier alpha value is -1.45. The van der Waals surface area contributed by atoms with Crippen LogP contribution in [-0.2, 0) is 14.8 Å². The molecule has 6 nitrogen and oxygen atoms in total. The molecule has 0 aliphatic heterocycles. The van der Waals surface area contributed by atoms with Crippen LogP contribution in [0.2, 0.25) is 0 Å². The number of ether oxygens (including phenoxy) is 1. The number of halogens is 1. The number of carbonyl (C=O) groups is 1. The molecule has 2 aromatic rings. The highest BCUT2D eigenvalue weighted by molar-refractivity contribution is 9.10. The summed E-state index contributed by atoms with van der Waals surface area (Å²) in [5.74, 6) is -0.538. The summed E-state index contributed by atoms with van der Waals surface area (Å²) in [5.41, 5.74) is 0. The van der Waals surface area contributed by atoms with Gasteiger partial charge in [-0.1, -0.05) is 15.9 Å². The third-order valence-electron chi connectivity index (χ3n) is 2.25. The standard InChI is InChI=1S/C11H9BrN2O4S2/c1-18-11(15)10-8(3-5-19-10)20(16,17)14-9-6-7(12)2-4-13-9/h2-6H,1H3,(H,13,14). The van der Waals surface area contributed by atoms with E-state index in [0.29, 0.717) is 4.47 Å². The molecule has 0 spiro atoms. The smallest absolute Gasteiger partial charge is 0.349 e. The van der Waals surface area contributed by atoms with E-state index in [9.17, 15) is 13.2 Å². The lowest BCUT2D eigenvalue weighted by atomic mass is 10.5. The van der Waals surface area contributed by atoms with Gasteiger partial charge in [0.25, 0.3) is 10.0 Å². The summed E-state index contributed by atoms with van der Waals surface area (Å²) in [7, 11) is -2.70. The second-order valence-electron chi connectivity index (χ2n) is 3.57. The molecule has 2 aromatic heterocycles. The van der Waals surface area contributed by atoms with Crippen LogP contribution in [0.15, 0.2) is 39.1 Å². The lowest BCUT2D eigenvalue weighted by Gasteiger charge is -2.07. The van der Waals surface area contributed by atoms with E-state index in [2.05, 4.69) is 30.4 Å². The van der Waals surface area contributed by atoms with E-state index in [1.165, 1.54) is 30.8 Å². The lowest BCUT2D eigenvalue weighted by Crippen LogP contribution is -2.16. The van der Waals surface area contributed by atoms with Crippen molar-refractivity contribution in [2.75, 3.05) is 11.8 Å². The molecular weight excluding hydrogens is 368 g/mol. The molecule has 0 saturated heterocycles. The second kappa shape index (κ2) is 5.90. The van der Waals surface area contributed by atoms with Gasteiger partial charge in [0.2, 0.25) is 0 Å². The van der Waals surface area contributed by atoms with E-state index < -0.39 is 16.0 Å². The number of hydrogen-bond donors (Lipinski definition) is 1. The first-order valence-corrected chi connectivity index (χ1v) is 8.40. The number of sulfonamides is 1. The van der Waals surface area contributed by atoms with E-state index in [-0.39, 0.29) is 15.6 Å². The maximum absolute atomic E-state index is 12.2. The van der Waals surface area contributed by atoms with Crippen molar-refractivity contribution in [2.45, 2.75) is 4.90 Å². The van der Waals surface area contributed by atoms with E-state index >= 15 is 0 Å². The van der Waals surface area contributed by atoms with Crippen molar-refractivity contribution in [1.82, 2.24) is 4.98 Å². The van der Waals surface area contributed by atoms with Gasteiger partial charge < -0.3 is 4.74 Å². The molecule has 0 radical (unpaired) electrons. The quantitative estimate of drug-likeness (QED) is 0.828. The lowest BCUT2D eigenvalue weighted by molar-refractivity contribution is 0.0602. The number of pyridine rings is 1. The Morgan fingerprint density at radius 1 is 1.45 bits per heavy atom. The molecule has 9 heteroatoms. The topological polar surface area (TPSA) is 85.4 Å². The van der Waals surface area contributed by atoms with Gasteiger partial charge >= 0.3 is 5.97 Å². The number of nitrogens with one attached hydrogen (secondary N) is 1. The van der Waals surface area contributed by atoms with E-state index in [0.717, 1.165) is 11.3 Å². The molecule has 0 saturated carbocycles. The van der Waals surface area contributed by atoms with Crippen LogP contribution in [0.5, 0.6) is 0 Å². The molecule has 0 aliphatic rings. The summed E-state index contributed by atoms with van der Waals surface area (Å²) >= 11 is 4.22. The van der Waals surface area contributed by atoms with Crippen LogP contribution in [-0.4, -0.2) is 26.5 Å². The van der Waals surface area contributed by atoms with Crippen molar-refractivity contribution in [3.05, 3.63) is 39.1 Å². The van der Waals surface area contributed by atoms with Crippen LogP contribution in [0, 0.1) is 0 Å². The minimum Gasteiger partial charge on any atom is -0.465 e. The minimum absolute atomic E-state index is 0.0231. The second-order valence-corrected chi connectivity index (χ2v) is 7.05. The van der Waals surface area contributed by atoms with Crippen LogP contribution in [0.25, 0.3) is 0 Å². The Morgan fingerprint density at radius 3 is 2.85 bits per heavy atom. The van der Waals surface area contributed by atoms with Gasteiger partial charge in [-0.25, -0.2) is 18.2 Å². The maximum atomic E-state index is 12.2. The number of methoxy groups -OCH3 is 1. The van der Waals surface area contributed by atoms with Gasteiger partial charge in [0.05, 0.1) is 7.11 Å². The summed E-state index contributed by atoms with van der Waals surface area (Å²) in [4.78, 5) is 15.3. The van der Waals surface area contributed by atoms with Crippen molar-refractivity contribution in [2.24, 2.45) is 0 Å². The normalized spacial score (nSPS) is 11.1. The zero-order valence-corrected chi connectivity index (χ0v) is 13.4. The molecular formula is C11H9BrN2O4S2. The Balaban J connectivity index is 2.36. The van der Waals surface area contributed by atoms with E-state index in [4.69, 9.17) is 0 Å². The summed E-state index contributed by atoms with van der Waals surface area (Å²) < 4.78 is 32.0. The minimum atomic E-state index is -3.90. The predicted octanol–water partition coefficient (Wildman–Crippen LogP) is 2.49. The summed E-state index contributed by atoms with van der Waals surface area (Å²) in [6.45, 7) is 0. The zero-order chi connectivity index (χ0) is 14.8. The average molecular weight is 377 g/mol. The number of nitrogens with zero attached hydrogens (tertiary/aromatic N) is 1. The van der Waals surface area contributed by atoms with Crippen LogP contribution < -0.4 is 4.72 Å². The van der Waals surface area contributed by atoms with Crippen LogP contribution in [0.1, 0.15) is 9.67 Å². The highest BCUT2D eigenvalue weighted by Gasteiger charge is 2.25. The van der Waals surface area contributed by atoms with Crippen LogP contribution >= 0.6 is 27.3 Å². The largest absolute Gasteiger partial charge is 0.465 e. The average Bonchev–Trinajstić information content (AvgIpc) is 2.87. The van der Waals surface area contributed by atoms with Crippen LogP contribution in [0.4, 0.5) is 5.82 Å². The van der Waals surface area contributed by atoms with Gasteiger partial charge in [0.1, 0.15) is 15.6 Å². The highest BCUT2D eigenvalue weighted by atomic mass is 79.9. The van der Waals surface area contributed by atoms with Gasteiger partial charge in [0, 0.05) is 10.7 Å². The number of thiophene rings is 1. The fraction of sp³-hybridized carbons (Fsp3) is 0.0909. The summed E-state index contributed by atoms with van der Waals surface area (Å²) in [6, 6.07) is 4.53. The van der Waals surface area contributed by atoms with E-state index in [1.807, 2.05) is 0 Å². The van der Waals surface area contributed by atoms with Crippen LogP contribution in [0.3, 0.4) is 0 Å². The molecule has 0 aliphatic carbocycles. The van der Waals surface area contributed by atoms with Gasteiger partial charge in [-0.2, -0.15) is 0 Å². The molecule has 106 valence electrons. The Morgan fingerprint density at radius 2 is 2.20 bits per heavy atom. The molecule has 0 fully saturated rings. The molecule has 0 bridgehead atoms. The Labute approximate surface area is 128 Å². The number of hydrogen-bond acceptors (Lipinski definition) is 6. The predicted molar refractivity (Wildman–Crippen MR) is 78.4 cm³/mol. The summed E-state index contributed by atoms with van der Waals surface area (Å²) in [5, 5.41) is 1.51. The number of carbonyl (C=O) groups excluding carboxylic acids is 1. The molecule has 0 unspecified atom stereocenters. The van der Waals surface area contributed by atoms with Gasteiger partial charge in [-0.3, -0.25) is 4.72 Å². The Bertz CT molecular complexity index is 742. The number of rotatable bonds is 4. The molecule has 0 aromatic carbocycles. The number of esters is 1. The number of aromatic nitrogens is 1. The zero-order valence-electron chi connectivity index (χ0n) is 10.2. The maximum Gasteiger partial charge on any atom is 0.349 e. The molecule has 0 atom stereocenters. The summed E-state index contributed by atoms with van der Waals surface area (Å²) in [6.07, 6.45) is 1.46. The molecule has 2 rings (SSSR count). The fourth-order valence-electron chi connectivity index (χ4n) is 1.40. The SMILES string of the molecule is COC(=O)c1sccc1S(=O)(=O)Nc1cc(Br)ccn1.